The summed E-state index contributed by atoms with van der Waals surface area (Å²) in [5, 5.41) is 30.0. The molecule has 0 radical (unpaired) electrons. The zero-order valence-electron chi connectivity index (χ0n) is 11.7. The predicted molar refractivity (Wildman–Crippen MR) is 70.5 cm³/mol. The maximum atomic E-state index is 12.3. The molecule has 0 unspecified atom stereocenters. The quantitative estimate of drug-likeness (QED) is 0.568. The highest BCUT2D eigenvalue weighted by molar-refractivity contribution is 6.27. The van der Waals surface area contributed by atoms with Crippen LogP contribution in [0.5, 0.6) is 17.2 Å². The molecule has 1 aliphatic rings. The van der Waals surface area contributed by atoms with E-state index in [1.165, 1.54) is 14.2 Å². The van der Waals surface area contributed by atoms with E-state index in [0.29, 0.717) is 0 Å². The minimum Gasteiger partial charge on any atom is -0.507 e. The van der Waals surface area contributed by atoms with Crippen LogP contribution in [0.25, 0.3) is 0 Å². The van der Waals surface area contributed by atoms with Crippen LogP contribution in [0.15, 0.2) is 11.5 Å². The molecule has 0 atom stereocenters. The number of carbonyl (C=O) groups is 2. The zero-order valence-corrected chi connectivity index (χ0v) is 11.7. The molecule has 3 N–H and O–H groups in total. The Kier molecular flexibility index (Phi) is 3.51. The molecular weight excluding hydrogens is 280 g/mol. The Labute approximate surface area is 120 Å². The summed E-state index contributed by atoms with van der Waals surface area (Å²) in [4.78, 5) is 24.6. The van der Waals surface area contributed by atoms with Crippen LogP contribution in [-0.2, 0) is 15.9 Å². The maximum absolute atomic E-state index is 12.3. The van der Waals surface area contributed by atoms with Gasteiger partial charge in [0.2, 0.25) is 23.1 Å². The summed E-state index contributed by atoms with van der Waals surface area (Å²) in [6, 6.07) is 0. The Hall–Kier alpha value is -2.70. The SMILES string of the molecule is CCc1c(O)c(O)c2c(c1O)C(=O)C(OC)=C(OC)C2=O. The maximum Gasteiger partial charge on any atom is 0.236 e. The van der Waals surface area contributed by atoms with E-state index in [1.54, 1.807) is 6.92 Å². The second-order valence-electron chi connectivity index (χ2n) is 4.35. The number of hydrogen-bond donors (Lipinski definition) is 3. The van der Waals surface area contributed by atoms with Gasteiger partial charge in [-0.2, -0.15) is 0 Å². The van der Waals surface area contributed by atoms with Gasteiger partial charge in [0.05, 0.1) is 25.3 Å². The van der Waals surface area contributed by atoms with E-state index in [0.717, 1.165) is 0 Å². The summed E-state index contributed by atoms with van der Waals surface area (Å²) in [5.41, 5.74) is -0.918. The van der Waals surface area contributed by atoms with E-state index < -0.39 is 45.7 Å². The van der Waals surface area contributed by atoms with Gasteiger partial charge in [-0.05, 0) is 6.42 Å². The van der Waals surface area contributed by atoms with Crippen LogP contribution in [0.4, 0.5) is 0 Å². The number of Topliss-reactive ketones (excluding diaryl/α,β-unsaturated/α-hetero) is 2. The molecule has 112 valence electrons. The summed E-state index contributed by atoms with van der Waals surface area (Å²) in [6.45, 7) is 1.61. The Morgan fingerprint density at radius 1 is 0.810 bits per heavy atom. The standard InChI is InChI=1S/C14H14O7/c1-4-5-8(15)6-7(10(17)9(5)16)12(19)14(21-3)13(20-2)11(6)18/h15-17H,4H2,1-3H3. The van der Waals surface area contributed by atoms with Gasteiger partial charge < -0.3 is 24.8 Å². The number of rotatable bonds is 3. The van der Waals surface area contributed by atoms with Gasteiger partial charge in [-0.1, -0.05) is 6.92 Å². The van der Waals surface area contributed by atoms with E-state index in [4.69, 9.17) is 9.47 Å². The van der Waals surface area contributed by atoms with E-state index in [-0.39, 0.29) is 17.7 Å². The number of benzene rings is 1. The lowest BCUT2D eigenvalue weighted by molar-refractivity contribution is 0.0823. The molecule has 7 heteroatoms. The Morgan fingerprint density at radius 2 is 1.24 bits per heavy atom. The van der Waals surface area contributed by atoms with Crippen molar-refractivity contribution in [2.24, 2.45) is 0 Å². The van der Waals surface area contributed by atoms with E-state index >= 15 is 0 Å². The molecule has 2 rings (SSSR count). The monoisotopic (exact) mass is 294 g/mol. The fraction of sp³-hybridized carbons (Fsp3) is 0.286. The number of aromatic hydroxyl groups is 3. The number of carbonyl (C=O) groups excluding carboxylic acids is 2. The van der Waals surface area contributed by atoms with Gasteiger partial charge in [0.1, 0.15) is 5.75 Å². The van der Waals surface area contributed by atoms with Crippen molar-refractivity contribution in [2.45, 2.75) is 13.3 Å². The lowest BCUT2D eigenvalue weighted by Gasteiger charge is -2.22. The van der Waals surface area contributed by atoms with Crippen molar-refractivity contribution in [1.82, 2.24) is 0 Å². The molecule has 0 saturated carbocycles. The van der Waals surface area contributed by atoms with Crippen LogP contribution in [0.1, 0.15) is 33.2 Å². The molecule has 0 bridgehead atoms. The van der Waals surface area contributed by atoms with Gasteiger partial charge in [0.15, 0.2) is 11.5 Å². The number of methoxy groups -OCH3 is 2. The third-order valence-corrected chi connectivity index (χ3v) is 3.35. The number of ketones is 2. The first kappa shape index (κ1) is 14.7. The second-order valence-corrected chi connectivity index (χ2v) is 4.35. The first-order chi connectivity index (χ1) is 9.90. The van der Waals surface area contributed by atoms with Crippen LogP contribution in [-0.4, -0.2) is 41.1 Å². The number of allylic oxidation sites excluding steroid dienone is 2. The van der Waals surface area contributed by atoms with Gasteiger partial charge in [-0.15, -0.1) is 0 Å². The zero-order chi connectivity index (χ0) is 15.9. The van der Waals surface area contributed by atoms with Crippen LogP contribution < -0.4 is 0 Å². The molecule has 21 heavy (non-hydrogen) atoms. The van der Waals surface area contributed by atoms with Gasteiger partial charge in [-0.3, -0.25) is 9.59 Å². The largest absolute Gasteiger partial charge is 0.507 e. The second kappa shape index (κ2) is 5.01. The smallest absolute Gasteiger partial charge is 0.236 e. The minimum absolute atomic E-state index is 0.0243. The Bertz CT molecular complexity index is 685. The molecule has 0 aromatic heterocycles. The first-order valence-corrected chi connectivity index (χ1v) is 6.11. The normalized spacial score (nSPS) is 14.2. The molecule has 0 amide bonds. The number of ether oxygens (including phenoxy) is 2. The van der Waals surface area contributed by atoms with Crippen LogP contribution in [0.3, 0.4) is 0 Å². The Morgan fingerprint density at radius 3 is 1.62 bits per heavy atom. The number of phenolic OH excluding ortho intramolecular Hbond substituents is 3. The highest BCUT2D eigenvalue weighted by Gasteiger charge is 2.41. The molecule has 1 aromatic rings. The molecule has 7 nitrogen and oxygen atoms in total. The van der Waals surface area contributed by atoms with Gasteiger partial charge in [-0.25, -0.2) is 0 Å². The lowest BCUT2D eigenvalue weighted by atomic mass is 9.87. The summed E-state index contributed by atoms with van der Waals surface area (Å²) >= 11 is 0. The van der Waals surface area contributed by atoms with Crippen molar-refractivity contribution in [3.05, 3.63) is 28.2 Å². The third kappa shape index (κ3) is 1.81. The van der Waals surface area contributed by atoms with Crippen LogP contribution in [0.2, 0.25) is 0 Å². The van der Waals surface area contributed by atoms with Crippen LogP contribution >= 0.6 is 0 Å². The summed E-state index contributed by atoms with van der Waals surface area (Å²) in [5.74, 6) is -4.35. The summed E-state index contributed by atoms with van der Waals surface area (Å²) in [7, 11) is 2.35. The number of fused-ring (bicyclic) bond motifs is 1. The minimum atomic E-state index is -0.852. The molecule has 0 spiro atoms. The van der Waals surface area contributed by atoms with E-state index in [2.05, 4.69) is 0 Å². The average Bonchev–Trinajstić information content (AvgIpc) is 2.46. The van der Waals surface area contributed by atoms with Gasteiger partial charge >= 0.3 is 0 Å². The van der Waals surface area contributed by atoms with Gasteiger partial charge in [0.25, 0.3) is 0 Å². The molecular formula is C14H14O7. The lowest BCUT2D eigenvalue weighted by Crippen LogP contribution is -2.24. The third-order valence-electron chi connectivity index (χ3n) is 3.35. The van der Waals surface area contributed by atoms with Crippen molar-refractivity contribution in [1.29, 1.82) is 0 Å². The fourth-order valence-electron chi connectivity index (χ4n) is 2.34. The number of phenols is 3. The molecule has 0 aliphatic heterocycles. The highest BCUT2D eigenvalue weighted by atomic mass is 16.5. The van der Waals surface area contributed by atoms with Crippen molar-refractivity contribution in [3.63, 3.8) is 0 Å². The predicted octanol–water partition coefficient (Wildman–Crippen LogP) is 1.25. The average molecular weight is 294 g/mol. The Balaban J connectivity index is 2.90. The van der Waals surface area contributed by atoms with E-state index in [1.807, 2.05) is 0 Å². The van der Waals surface area contributed by atoms with E-state index in [9.17, 15) is 24.9 Å². The van der Waals surface area contributed by atoms with Crippen molar-refractivity contribution in [2.75, 3.05) is 14.2 Å². The van der Waals surface area contributed by atoms with Crippen molar-refractivity contribution < 1.29 is 34.4 Å². The highest BCUT2D eigenvalue weighted by Crippen LogP contribution is 2.46. The molecule has 0 saturated heterocycles. The number of hydrogen-bond acceptors (Lipinski definition) is 7. The van der Waals surface area contributed by atoms with Crippen molar-refractivity contribution >= 4 is 11.6 Å². The van der Waals surface area contributed by atoms with Gasteiger partial charge in [0, 0.05) is 5.56 Å². The summed E-state index contributed by atoms with van der Waals surface area (Å²) in [6.07, 6.45) is 0.156. The molecule has 0 heterocycles. The van der Waals surface area contributed by atoms with Crippen molar-refractivity contribution in [3.8, 4) is 17.2 Å². The first-order valence-electron chi connectivity index (χ1n) is 6.11. The molecule has 1 aromatic carbocycles. The molecule has 0 fully saturated rings. The molecule has 1 aliphatic carbocycles. The topological polar surface area (TPSA) is 113 Å². The fourth-order valence-corrected chi connectivity index (χ4v) is 2.34. The summed E-state index contributed by atoms with van der Waals surface area (Å²) < 4.78 is 9.70. The van der Waals surface area contributed by atoms with Crippen LogP contribution in [0, 0.1) is 0 Å².